The number of hydrogen-bond donors (Lipinski definition) is 2. The number of morpholine rings is 1. The van der Waals surface area contributed by atoms with Gasteiger partial charge in [-0.15, -0.1) is 0 Å². The standard InChI is InChI=1S/C14H17N3O3/c15-7-11-8-17(3-4-20-11)14(19)10-2-1-9-6-13(18)16-12(9)5-10/h1-2,5,11H,3-4,6-8,15H2,(H,16,18). The van der Waals surface area contributed by atoms with Crippen molar-refractivity contribution in [1.29, 1.82) is 0 Å². The van der Waals surface area contributed by atoms with E-state index >= 15 is 0 Å². The van der Waals surface area contributed by atoms with E-state index in [0.717, 1.165) is 11.3 Å². The third kappa shape index (κ3) is 2.39. The smallest absolute Gasteiger partial charge is 0.254 e. The van der Waals surface area contributed by atoms with Crippen molar-refractivity contribution in [2.75, 3.05) is 31.6 Å². The molecule has 2 amide bonds. The molecule has 1 aromatic carbocycles. The quantitative estimate of drug-likeness (QED) is 0.794. The molecule has 6 nitrogen and oxygen atoms in total. The number of carbonyl (C=O) groups excluding carboxylic acids is 2. The van der Waals surface area contributed by atoms with Gasteiger partial charge in [0.15, 0.2) is 0 Å². The maximum absolute atomic E-state index is 12.5. The second-order valence-electron chi connectivity index (χ2n) is 5.08. The van der Waals surface area contributed by atoms with Gasteiger partial charge in [0.25, 0.3) is 5.91 Å². The summed E-state index contributed by atoms with van der Waals surface area (Å²) in [6, 6.07) is 5.35. The molecule has 1 saturated heterocycles. The van der Waals surface area contributed by atoms with Crippen LogP contribution in [0.2, 0.25) is 0 Å². The minimum Gasteiger partial charge on any atom is -0.373 e. The Hall–Kier alpha value is -1.92. The van der Waals surface area contributed by atoms with Crippen molar-refractivity contribution < 1.29 is 14.3 Å². The zero-order chi connectivity index (χ0) is 14.1. The molecular formula is C14H17N3O3. The molecule has 2 aliphatic heterocycles. The molecule has 20 heavy (non-hydrogen) atoms. The maximum Gasteiger partial charge on any atom is 0.254 e. The third-order valence-corrected chi connectivity index (χ3v) is 3.67. The van der Waals surface area contributed by atoms with Crippen LogP contribution >= 0.6 is 0 Å². The van der Waals surface area contributed by atoms with Crippen LogP contribution in [0.5, 0.6) is 0 Å². The number of amides is 2. The van der Waals surface area contributed by atoms with Crippen LogP contribution in [0.15, 0.2) is 18.2 Å². The summed E-state index contributed by atoms with van der Waals surface area (Å²) >= 11 is 0. The fourth-order valence-corrected chi connectivity index (χ4v) is 2.58. The third-order valence-electron chi connectivity index (χ3n) is 3.67. The maximum atomic E-state index is 12.5. The molecule has 3 rings (SSSR count). The second-order valence-corrected chi connectivity index (χ2v) is 5.08. The van der Waals surface area contributed by atoms with Gasteiger partial charge in [0.05, 0.1) is 19.1 Å². The number of nitrogens with zero attached hydrogens (tertiary/aromatic N) is 1. The van der Waals surface area contributed by atoms with Crippen LogP contribution in [-0.2, 0) is 16.0 Å². The largest absolute Gasteiger partial charge is 0.373 e. The van der Waals surface area contributed by atoms with Crippen LogP contribution in [0.1, 0.15) is 15.9 Å². The van der Waals surface area contributed by atoms with E-state index in [1.54, 1.807) is 17.0 Å². The Balaban J connectivity index is 1.77. The van der Waals surface area contributed by atoms with Gasteiger partial charge in [-0.1, -0.05) is 6.07 Å². The first-order valence-electron chi connectivity index (χ1n) is 6.71. The lowest BCUT2D eigenvalue weighted by Gasteiger charge is -2.32. The molecule has 0 aromatic heterocycles. The van der Waals surface area contributed by atoms with E-state index in [1.807, 2.05) is 6.07 Å². The van der Waals surface area contributed by atoms with E-state index in [-0.39, 0.29) is 17.9 Å². The Morgan fingerprint density at radius 2 is 2.35 bits per heavy atom. The molecule has 1 aromatic rings. The van der Waals surface area contributed by atoms with E-state index in [0.29, 0.717) is 38.2 Å². The number of carbonyl (C=O) groups is 2. The normalized spacial score (nSPS) is 21.6. The van der Waals surface area contributed by atoms with Gasteiger partial charge < -0.3 is 20.7 Å². The molecule has 0 saturated carbocycles. The zero-order valence-corrected chi connectivity index (χ0v) is 11.1. The van der Waals surface area contributed by atoms with Crippen LogP contribution in [0.25, 0.3) is 0 Å². The zero-order valence-electron chi connectivity index (χ0n) is 11.1. The van der Waals surface area contributed by atoms with Crippen molar-refractivity contribution in [3.8, 4) is 0 Å². The molecule has 0 aliphatic carbocycles. The predicted octanol–water partition coefficient (Wildman–Crippen LogP) is -0.0191. The minimum absolute atomic E-state index is 0.0285. The Kier molecular flexibility index (Phi) is 3.42. The Bertz CT molecular complexity index is 559. The van der Waals surface area contributed by atoms with Crippen molar-refractivity contribution in [1.82, 2.24) is 4.90 Å². The summed E-state index contributed by atoms with van der Waals surface area (Å²) < 4.78 is 5.46. The van der Waals surface area contributed by atoms with Crippen molar-refractivity contribution in [2.45, 2.75) is 12.5 Å². The molecule has 1 fully saturated rings. The molecule has 2 aliphatic rings. The Morgan fingerprint density at radius 3 is 3.15 bits per heavy atom. The van der Waals surface area contributed by atoms with Crippen LogP contribution in [0.3, 0.4) is 0 Å². The molecule has 1 unspecified atom stereocenters. The van der Waals surface area contributed by atoms with Crippen LogP contribution < -0.4 is 11.1 Å². The summed E-state index contributed by atoms with van der Waals surface area (Å²) in [4.78, 5) is 25.5. The summed E-state index contributed by atoms with van der Waals surface area (Å²) in [5.74, 6) is -0.0742. The molecular weight excluding hydrogens is 258 g/mol. The van der Waals surface area contributed by atoms with E-state index in [9.17, 15) is 9.59 Å². The predicted molar refractivity (Wildman–Crippen MR) is 73.5 cm³/mol. The van der Waals surface area contributed by atoms with Gasteiger partial charge in [-0.25, -0.2) is 0 Å². The number of nitrogens with one attached hydrogen (secondary N) is 1. The molecule has 106 valence electrons. The van der Waals surface area contributed by atoms with Crippen LogP contribution in [0.4, 0.5) is 5.69 Å². The van der Waals surface area contributed by atoms with Gasteiger partial charge >= 0.3 is 0 Å². The molecule has 1 atom stereocenters. The first-order chi connectivity index (χ1) is 9.67. The van der Waals surface area contributed by atoms with Crippen molar-refractivity contribution >= 4 is 17.5 Å². The first-order valence-corrected chi connectivity index (χ1v) is 6.71. The number of anilines is 1. The van der Waals surface area contributed by atoms with Gasteiger partial charge in [-0.2, -0.15) is 0 Å². The molecule has 2 heterocycles. The SMILES string of the molecule is NCC1CN(C(=O)c2ccc3c(c2)NC(=O)C3)CCO1. The van der Waals surface area contributed by atoms with Crippen LogP contribution in [-0.4, -0.2) is 49.1 Å². The van der Waals surface area contributed by atoms with Crippen molar-refractivity contribution in [3.63, 3.8) is 0 Å². The molecule has 3 N–H and O–H groups in total. The van der Waals surface area contributed by atoms with Gasteiger partial charge in [0.2, 0.25) is 5.91 Å². The number of fused-ring (bicyclic) bond motifs is 1. The Morgan fingerprint density at radius 1 is 1.50 bits per heavy atom. The summed E-state index contributed by atoms with van der Waals surface area (Å²) in [6.45, 7) is 2.00. The molecule has 0 bridgehead atoms. The highest BCUT2D eigenvalue weighted by molar-refractivity contribution is 6.02. The highest BCUT2D eigenvalue weighted by Crippen LogP contribution is 2.25. The van der Waals surface area contributed by atoms with Gasteiger partial charge in [0, 0.05) is 30.9 Å². The lowest BCUT2D eigenvalue weighted by atomic mass is 10.1. The van der Waals surface area contributed by atoms with E-state index in [2.05, 4.69) is 5.32 Å². The van der Waals surface area contributed by atoms with Crippen LogP contribution in [0, 0.1) is 0 Å². The highest BCUT2D eigenvalue weighted by Gasteiger charge is 2.25. The average molecular weight is 275 g/mol. The molecule has 0 radical (unpaired) electrons. The fraction of sp³-hybridized carbons (Fsp3) is 0.429. The van der Waals surface area contributed by atoms with E-state index < -0.39 is 0 Å². The number of hydrogen-bond acceptors (Lipinski definition) is 4. The second kappa shape index (κ2) is 5.22. The minimum atomic E-state index is -0.0955. The molecule has 6 heteroatoms. The fourth-order valence-electron chi connectivity index (χ4n) is 2.58. The lowest BCUT2D eigenvalue weighted by Crippen LogP contribution is -2.48. The monoisotopic (exact) mass is 275 g/mol. The highest BCUT2D eigenvalue weighted by atomic mass is 16.5. The molecule has 0 spiro atoms. The summed E-state index contributed by atoms with van der Waals surface area (Å²) in [7, 11) is 0. The summed E-state index contributed by atoms with van der Waals surface area (Å²) in [5.41, 5.74) is 7.85. The van der Waals surface area contributed by atoms with E-state index in [4.69, 9.17) is 10.5 Å². The van der Waals surface area contributed by atoms with E-state index in [1.165, 1.54) is 0 Å². The first kappa shape index (κ1) is 13.1. The van der Waals surface area contributed by atoms with Crippen molar-refractivity contribution in [2.24, 2.45) is 5.73 Å². The number of benzene rings is 1. The number of rotatable bonds is 2. The average Bonchev–Trinajstić information content (AvgIpc) is 2.85. The summed E-state index contributed by atoms with van der Waals surface area (Å²) in [6.07, 6.45) is 0.290. The summed E-state index contributed by atoms with van der Waals surface area (Å²) in [5, 5.41) is 2.76. The number of ether oxygens (including phenoxy) is 1. The number of nitrogens with two attached hydrogens (primary N) is 1. The van der Waals surface area contributed by atoms with Gasteiger partial charge in [-0.3, -0.25) is 9.59 Å². The lowest BCUT2D eigenvalue weighted by molar-refractivity contribution is -0.115. The van der Waals surface area contributed by atoms with Gasteiger partial charge in [0.1, 0.15) is 0 Å². The Labute approximate surface area is 116 Å². The van der Waals surface area contributed by atoms with Gasteiger partial charge in [-0.05, 0) is 17.7 Å². The van der Waals surface area contributed by atoms with Crippen molar-refractivity contribution in [3.05, 3.63) is 29.3 Å². The topological polar surface area (TPSA) is 84.7 Å².